The first-order valence-electron chi connectivity index (χ1n) is 6.31. The second kappa shape index (κ2) is 4.79. The summed E-state index contributed by atoms with van der Waals surface area (Å²) in [6, 6.07) is 9.10. The summed E-state index contributed by atoms with van der Waals surface area (Å²) in [6.07, 6.45) is 0. The average Bonchev–Trinajstić information content (AvgIpc) is 2.85. The summed E-state index contributed by atoms with van der Waals surface area (Å²) in [7, 11) is -3.50. The van der Waals surface area contributed by atoms with Crippen molar-refractivity contribution in [2.24, 2.45) is 0 Å². The Morgan fingerprint density at radius 1 is 1.20 bits per heavy atom. The maximum Gasteiger partial charge on any atom is 0.274 e. The maximum atomic E-state index is 12.8. The third kappa shape index (κ3) is 2.19. The Bertz CT molecular complexity index is 750. The topological polar surface area (TPSA) is 46.6 Å². The Labute approximate surface area is 122 Å². The quantitative estimate of drug-likeness (QED) is 0.857. The van der Waals surface area contributed by atoms with Crippen molar-refractivity contribution in [1.29, 1.82) is 0 Å². The van der Waals surface area contributed by atoms with Crippen molar-refractivity contribution in [1.82, 2.24) is 0 Å². The summed E-state index contributed by atoms with van der Waals surface area (Å²) in [5, 5.41) is 0. The van der Waals surface area contributed by atoms with Gasteiger partial charge in [0.2, 0.25) is 0 Å². The summed E-state index contributed by atoms with van der Waals surface area (Å²) in [5.41, 5.74) is 1.64. The van der Waals surface area contributed by atoms with Crippen LogP contribution in [-0.4, -0.2) is 21.6 Å². The largest absolute Gasteiger partial charge is 0.489 e. The molecule has 0 radical (unpaired) electrons. The van der Waals surface area contributed by atoms with Crippen molar-refractivity contribution in [3.8, 4) is 5.75 Å². The first-order chi connectivity index (χ1) is 9.48. The van der Waals surface area contributed by atoms with Crippen molar-refractivity contribution in [3.05, 3.63) is 40.8 Å². The number of aryl methyl sites for hydroxylation is 2. The standard InChI is InChI=1S/C14H15NO3S2/c1-10-3-5-13-12(9-10)15(7-8-18-13)20(16,17)14-6-4-11(2)19-14/h3-6,9H,7-8H2,1-2H3. The highest BCUT2D eigenvalue weighted by Crippen LogP contribution is 2.37. The SMILES string of the molecule is Cc1ccc2c(c1)N(S(=O)(=O)c1ccc(C)s1)CCO2. The van der Waals surface area contributed by atoms with Crippen molar-refractivity contribution in [2.75, 3.05) is 17.5 Å². The normalized spacial score (nSPS) is 14.8. The number of thiophene rings is 1. The van der Waals surface area contributed by atoms with Crippen LogP contribution in [-0.2, 0) is 10.0 Å². The molecule has 1 aliphatic rings. The lowest BCUT2D eigenvalue weighted by Crippen LogP contribution is -2.37. The van der Waals surface area contributed by atoms with E-state index in [1.54, 1.807) is 6.07 Å². The lowest BCUT2D eigenvalue weighted by atomic mass is 10.2. The predicted octanol–water partition coefficient (Wildman–Crippen LogP) is 2.95. The van der Waals surface area contributed by atoms with Gasteiger partial charge >= 0.3 is 0 Å². The molecule has 1 aliphatic heterocycles. The summed E-state index contributed by atoms with van der Waals surface area (Å²) < 4.78 is 32.9. The van der Waals surface area contributed by atoms with Gasteiger partial charge in [-0.3, -0.25) is 4.31 Å². The molecule has 6 heteroatoms. The Morgan fingerprint density at radius 2 is 2.00 bits per heavy atom. The van der Waals surface area contributed by atoms with Crippen molar-refractivity contribution in [2.45, 2.75) is 18.1 Å². The van der Waals surface area contributed by atoms with Gasteiger partial charge in [0.05, 0.1) is 12.2 Å². The van der Waals surface area contributed by atoms with Crippen LogP contribution in [0.4, 0.5) is 5.69 Å². The molecule has 0 saturated carbocycles. The lowest BCUT2D eigenvalue weighted by Gasteiger charge is -2.30. The molecule has 1 aromatic carbocycles. The Hall–Kier alpha value is -1.53. The summed E-state index contributed by atoms with van der Waals surface area (Å²) in [4.78, 5) is 0.987. The minimum Gasteiger partial charge on any atom is -0.489 e. The van der Waals surface area contributed by atoms with Crippen LogP contribution in [0.3, 0.4) is 0 Å². The van der Waals surface area contributed by atoms with Gasteiger partial charge in [0, 0.05) is 4.88 Å². The molecule has 0 amide bonds. The van der Waals surface area contributed by atoms with Crippen LogP contribution in [0, 0.1) is 13.8 Å². The van der Waals surface area contributed by atoms with Crippen LogP contribution in [0.2, 0.25) is 0 Å². The van der Waals surface area contributed by atoms with Gasteiger partial charge in [0.15, 0.2) is 0 Å². The number of nitrogens with zero attached hydrogens (tertiary/aromatic N) is 1. The Balaban J connectivity index is 2.10. The fraction of sp³-hybridized carbons (Fsp3) is 0.286. The van der Waals surface area contributed by atoms with E-state index in [1.165, 1.54) is 15.6 Å². The van der Waals surface area contributed by atoms with Gasteiger partial charge in [-0.2, -0.15) is 0 Å². The fourth-order valence-corrected chi connectivity index (χ4v) is 5.06. The van der Waals surface area contributed by atoms with E-state index in [2.05, 4.69) is 0 Å². The zero-order chi connectivity index (χ0) is 14.3. The number of fused-ring (bicyclic) bond motifs is 1. The number of benzene rings is 1. The third-order valence-corrected chi connectivity index (χ3v) is 6.48. The minimum atomic E-state index is -3.50. The van der Waals surface area contributed by atoms with Gasteiger partial charge < -0.3 is 4.74 Å². The molecule has 106 valence electrons. The van der Waals surface area contributed by atoms with E-state index in [1.807, 2.05) is 38.1 Å². The molecular formula is C14H15NO3S2. The van der Waals surface area contributed by atoms with Gasteiger partial charge in [-0.1, -0.05) is 6.07 Å². The molecule has 0 atom stereocenters. The molecule has 0 aliphatic carbocycles. The highest BCUT2D eigenvalue weighted by atomic mass is 32.2. The summed E-state index contributed by atoms with van der Waals surface area (Å²) in [6.45, 7) is 4.56. The Kier molecular flexibility index (Phi) is 3.22. The van der Waals surface area contributed by atoms with Gasteiger partial charge in [-0.15, -0.1) is 11.3 Å². The van der Waals surface area contributed by atoms with E-state index in [0.29, 0.717) is 28.8 Å². The monoisotopic (exact) mass is 309 g/mol. The molecule has 0 unspecified atom stereocenters. The summed E-state index contributed by atoms with van der Waals surface area (Å²) >= 11 is 1.30. The molecule has 0 N–H and O–H groups in total. The summed E-state index contributed by atoms with van der Waals surface area (Å²) in [5.74, 6) is 0.624. The second-order valence-electron chi connectivity index (χ2n) is 4.76. The van der Waals surface area contributed by atoms with Crippen LogP contribution in [0.1, 0.15) is 10.4 Å². The van der Waals surface area contributed by atoms with Crippen LogP contribution < -0.4 is 9.04 Å². The van der Waals surface area contributed by atoms with Gasteiger partial charge in [0.1, 0.15) is 16.6 Å². The lowest BCUT2D eigenvalue weighted by molar-refractivity contribution is 0.316. The van der Waals surface area contributed by atoms with E-state index < -0.39 is 10.0 Å². The molecule has 0 saturated heterocycles. The molecular weight excluding hydrogens is 294 g/mol. The van der Waals surface area contributed by atoms with E-state index in [9.17, 15) is 8.42 Å². The van der Waals surface area contributed by atoms with Crippen molar-refractivity contribution >= 4 is 27.0 Å². The van der Waals surface area contributed by atoms with Crippen LogP contribution >= 0.6 is 11.3 Å². The maximum absolute atomic E-state index is 12.8. The number of hydrogen-bond donors (Lipinski definition) is 0. The minimum absolute atomic E-state index is 0.343. The molecule has 2 heterocycles. The number of sulfonamides is 1. The van der Waals surface area contributed by atoms with Gasteiger partial charge in [0.25, 0.3) is 10.0 Å². The zero-order valence-corrected chi connectivity index (χ0v) is 12.9. The predicted molar refractivity (Wildman–Crippen MR) is 80.3 cm³/mol. The smallest absolute Gasteiger partial charge is 0.274 e. The van der Waals surface area contributed by atoms with Crippen molar-refractivity contribution < 1.29 is 13.2 Å². The Morgan fingerprint density at radius 3 is 2.70 bits per heavy atom. The number of rotatable bonds is 2. The second-order valence-corrected chi connectivity index (χ2v) is 8.14. The van der Waals surface area contributed by atoms with Gasteiger partial charge in [-0.05, 0) is 43.7 Å². The van der Waals surface area contributed by atoms with E-state index in [0.717, 1.165) is 10.4 Å². The molecule has 1 aromatic heterocycles. The first kappa shape index (κ1) is 13.5. The fourth-order valence-electron chi connectivity index (χ4n) is 2.21. The van der Waals surface area contributed by atoms with Crippen LogP contribution in [0.15, 0.2) is 34.5 Å². The molecule has 0 bridgehead atoms. The third-order valence-electron chi connectivity index (χ3n) is 3.20. The molecule has 0 fully saturated rings. The highest BCUT2D eigenvalue weighted by molar-refractivity contribution is 7.94. The van der Waals surface area contributed by atoms with E-state index in [4.69, 9.17) is 4.74 Å². The highest BCUT2D eigenvalue weighted by Gasteiger charge is 2.31. The van der Waals surface area contributed by atoms with E-state index >= 15 is 0 Å². The molecule has 20 heavy (non-hydrogen) atoms. The van der Waals surface area contributed by atoms with Crippen LogP contribution in [0.25, 0.3) is 0 Å². The molecule has 0 spiro atoms. The average molecular weight is 309 g/mol. The zero-order valence-electron chi connectivity index (χ0n) is 11.3. The molecule has 3 rings (SSSR count). The number of ether oxygens (including phenoxy) is 1. The number of hydrogen-bond acceptors (Lipinski definition) is 4. The van der Waals surface area contributed by atoms with Gasteiger partial charge in [-0.25, -0.2) is 8.42 Å². The van der Waals surface area contributed by atoms with Crippen molar-refractivity contribution in [3.63, 3.8) is 0 Å². The number of anilines is 1. The molecule has 4 nitrogen and oxygen atoms in total. The first-order valence-corrected chi connectivity index (χ1v) is 8.57. The van der Waals surface area contributed by atoms with Crippen LogP contribution in [0.5, 0.6) is 5.75 Å². The molecule has 2 aromatic rings. The van der Waals surface area contributed by atoms with E-state index in [-0.39, 0.29) is 0 Å².